The smallest absolute Gasteiger partial charge is 0.259 e. The fourth-order valence-corrected chi connectivity index (χ4v) is 3.42. The van der Waals surface area contributed by atoms with Crippen LogP contribution in [0.4, 0.5) is 11.6 Å². The lowest BCUT2D eigenvalue weighted by molar-refractivity contribution is 0.195. The molecular weight excluding hydrogens is 328 g/mol. The molecule has 3 rings (SSSR count). The molecule has 0 unspecified atom stereocenters. The van der Waals surface area contributed by atoms with Crippen molar-refractivity contribution in [1.29, 1.82) is 0 Å². The average Bonchev–Trinajstić information content (AvgIpc) is 2.66. The number of hydrogen-bond donors (Lipinski definition) is 0. The molecule has 1 aliphatic rings. The molecule has 6 heteroatoms. The Morgan fingerprint density at radius 1 is 1.15 bits per heavy atom. The summed E-state index contributed by atoms with van der Waals surface area (Å²) in [6, 6.07) is 7.91. The van der Waals surface area contributed by atoms with E-state index < -0.39 is 0 Å². The van der Waals surface area contributed by atoms with Crippen LogP contribution >= 0.6 is 0 Å². The number of unbranched alkanes of at least 4 members (excludes halogenated alkanes) is 1. The van der Waals surface area contributed by atoms with Crippen LogP contribution in [0.3, 0.4) is 0 Å². The quantitative estimate of drug-likeness (QED) is 0.795. The van der Waals surface area contributed by atoms with Gasteiger partial charge in [0, 0.05) is 23.5 Å². The van der Waals surface area contributed by atoms with Gasteiger partial charge in [0.25, 0.3) is 5.56 Å². The maximum absolute atomic E-state index is 13.0. The van der Waals surface area contributed by atoms with E-state index in [1.54, 1.807) is 7.11 Å². The lowest BCUT2D eigenvalue weighted by atomic mass is 10.2. The molecule has 6 nitrogen and oxygen atoms in total. The molecule has 26 heavy (non-hydrogen) atoms. The van der Waals surface area contributed by atoms with Crippen LogP contribution in [-0.2, 0) is 13.1 Å². The molecule has 0 amide bonds. The third kappa shape index (κ3) is 3.46. The second-order valence-corrected chi connectivity index (χ2v) is 6.72. The Labute approximate surface area is 155 Å². The van der Waals surface area contributed by atoms with E-state index in [2.05, 4.69) is 16.7 Å². The van der Waals surface area contributed by atoms with Crippen LogP contribution in [-0.4, -0.2) is 34.8 Å². The van der Waals surface area contributed by atoms with Crippen LogP contribution < -0.4 is 15.2 Å². The summed E-state index contributed by atoms with van der Waals surface area (Å²) in [5.41, 5.74) is 2.72. The number of anilines is 2. The standard InChI is InChI=1S/C20H28N4O2/c1-5-7-12-22-13-23(16-8-10-17(26-4)11-9-16)20-21-15(3)18(6-2)19(25)24(20)14-22/h8-11H,5-7,12-14H2,1-4H3. The van der Waals surface area contributed by atoms with Crippen LogP contribution in [0.25, 0.3) is 0 Å². The summed E-state index contributed by atoms with van der Waals surface area (Å²) in [7, 11) is 1.66. The van der Waals surface area contributed by atoms with E-state index in [-0.39, 0.29) is 5.56 Å². The first kappa shape index (κ1) is 18.5. The maximum Gasteiger partial charge on any atom is 0.259 e. The summed E-state index contributed by atoms with van der Waals surface area (Å²) >= 11 is 0. The van der Waals surface area contributed by atoms with Crippen molar-refractivity contribution in [3.8, 4) is 5.75 Å². The molecule has 2 aromatic rings. The zero-order valence-electron chi connectivity index (χ0n) is 16.2. The highest BCUT2D eigenvalue weighted by molar-refractivity contribution is 5.59. The SMILES string of the molecule is CCCCN1CN(c2ccc(OC)cc2)c2nc(C)c(CC)c(=O)n2C1. The monoisotopic (exact) mass is 356 g/mol. The van der Waals surface area contributed by atoms with Gasteiger partial charge < -0.3 is 4.74 Å². The van der Waals surface area contributed by atoms with Gasteiger partial charge in [-0.25, -0.2) is 4.98 Å². The van der Waals surface area contributed by atoms with Crippen molar-refractivity contribution < 1.29 is 4.74 Å². The Hall–Kier alpha value is -2.34. The van der Waals surface area contributed by atoms with Crippen LogP contribution in [0.2, 0.25) is 0 Å². The molecule has 1 aromatic carbocycles. The largest absolute Gasteiger partial charge is 0.497 e. The Kier molecular flexibility index (Phi) is 5.61. The number of rotatable bonds is 6. The zero-order valence-corrected chi connectivity index (χ0v) is 16.2. The molecular formula is C20H28N4O2. The fraction of sp³-hybridized carbons (Fsp3) is 0.500. The van der Waals surface area contributed by atoms with E-state index in [0.717, 1.165) is 54.7 Å². The zero-order chi connectivity index (χ0) is 18.7. The number of benzene rings is 1. The van der Waals surface area contributed by atoms with Crippen molar-refractivity contribution in [3.05, 3.63) is 45.9 Å². The first-order valence-electron chi connectivity index (χ1n) is 9.33. The van der Waals surface area contributed by atoms with Crippen molar-refractivity contribution in [3.63, 3.8) is 0 Å². The van der Waals surface area contributed by atoms with Gasteiger partial charge in [0.2, 0.25) is 5.95 Å². The van der Waals surface area contributed by atoms with Crippen molar-refractivity contribution in [1.82, 2.24) is 14.5 Å². The molecule has 0 saturated heterocycles. The molecule has 0 atom stereocenters. The predicted molar refractivity (Wildman–Crippen MR) is 104 cm³/mol. The van der Waals surface area contributed by atoms with Crippen molar-refractivity contribution in [2.45, 2.75) is 46.7 Å². The molecule has 0 bridgehead atoms. The van der Waals surface area contributed by atoms with Gasteiger partial charge in [-0.3, -0.25) is 19.2 Å². The number of ether oxygens (including phenoxy) is 1. The van der Waals surface area contributed by atoms with Gasteiger partial charge >= 0.3 is 0 Å². The minimum absolute atomic E-state index is 0.0784. The molecule has 1 aromatic heterocycles. The third-order valence-electron chi connectivity index (χ3n) is 4.94. The van der Waals surface area contributed by atoms with Gasteiger partial charge in [-0.1, -0.05) is 20.3 Å². The van der Waals surface area contributed by atoms with Crippen LogP contribution in [0.1, 0.15) is 37.9 Å². The molecule has 140 valence electrons. The van der Waals surface area contributed by atoms with Gasteiger partial charge in [-0.2, -0.15) is 0 Å². The van der Waals surface area contributed by atoms with Gasteiger partial charge in [0.1, 0.15) is 5.75 Å². The lowest BCUT2D eigenvalue weighted by Gasteiger charge is -2.38. The fourth-order valence-electron chi connectivity index (χ4n) is 3.42. The third-order valence-corrected chi connectivity index (χ3v) is 4.94. The van der Waals surface area contributed by atoms with Gasteiger partial charge in [0.05, 0.1) is 20.4 Å². The highest BCUT2D eigenvalue weighted by Crippen LogP contribution is 2.29. The van der Waals surface area contributed by atoms with Crippen LogP contribution in [0, 0.1) is 6.92 Å². The van der Waals surface area contributed by atoms with E-state index in [1.165, 1.54) is 0 Å². The maximum atomic E-state index is 13.0. The minimum Gasteiger partial charge on any atom is -0.497 e. The molecule has 0 aliphatic carbocycles. The van der Waals surface area contributed by atoms with Crippen molar-refractivity contribution >= 4 is 11.6 Å². The summed E-state index contributed by atoms with van der Waals surface area (Å²) < 4.78 is 7.08. The summed E-state index contributed by atoms with van der Waals surface area (Å²) in [6.45, 7) is 8.41. The Morgan fingerprint density at radius 2 is 1.88 bits per heavy atom. The molecule has 0 saturated carbocycles. The highest BCUT2D eigenvalue weighted by Gasteiger charge is 2.27. The van der Waals surface area contributed by atoms with Crippen molar-refractivity contribution in [2.75, 3.05) is 25.2 Å². The Bertz CT molecular complexity index is 814. The highest BCUT2D eigenvalue weighted by atomic mass is 16.5. The van der Waals surface area contributed by atoms with Gasteiger partial charge in [0.15, 0.2) is 0 Å². The second-order valence-electron chi connectivity index (χ2n) is 6.72. The number of methoxy groups -OCH3 is 1. The van der Waals surface area contributed by atoms with Gasteiger partial charge in [-0.15, -0.1) is 0 Å². The average molecular weight is 356 g/mol. The number of aryl methyl sites for hydroxylation is 1. The summed E-state index contributed by atoms with van der Waals surface area (Å²) in [4.78, 5) is 22.2. The number of fused-ring (bicyclic) bond motifs is 1. The molecule has 0 radical (unpaired) electrons. The van der Waals surface area contributed by atoms with E-state index in [1.807, 2.05) is 42.7 Å². The summed E-state index contributed by atoms with van der Waals surface area (Å²) in [6.07, 6.45) is 2.95. The van der Waals surface area contributed by atoms with Crippen LogP contribution in [0.5, 0.6) is 5.75 Å². The minimum atomic E-state index is 0.0784. The van der Waals surface area contributed by atoms with E-state index in [0.29, 0.717) is 13.1 Å². The van der Waals surface area contributed by atoms with Gasteiger partial charge in [-0.05, 0) is 44.0 Å². The van der Waals surface area contributed by atoms with E-state index in [4.69, 9.17) is 9.72 Å². The summed E-state index contributed by atoms with van der Waals surface area (Å²) in [5, 5.41) is 0. The normalized spacial score (nSPS) is 14.4. The van der Waals surface area contributed by atoms with E-state index >= 15 is 0 Å². The Morgan fingerprint density at radius 3 is 2.50 bits per heavy atom. The van der Waals surface area contributed by atoms with E-state index in [9.17, 15) is 4.79 Å². The molecule has 0 spiro atoms. The first-order valence-corrected chi connectivity index (χ1v) is 9.33. The number of aromatic nitrogens is 2. The lowest BCUT2D eigenvalue weighted by Crippen LogP contribution is -2.48. The summed E-state index contributed by atoms with van der Waals surface area (Å²) in [5.74, 6) is 1.54. The second kappa shape index (κ2) is 7.91. The molecule has 1 aliphatic heterocycles. The number of hydrogen-bond acceptors (Lipinski definition) is 5. The molecule has 0 fully saturated rings. The topological polar surface area (TPSA) is 50.6 Å². The van der Waals surface area contributed by atoms with Crippen LogP contribution in [0.15, 0.2) is 29.1 Å². The first-order chi connectivity index (χ1) is 12.6. The molecule has 0 N–H and O–H groups in total. The molecule has 2 heterocycles. The number of nitrogens with zero attached hydrogens (tertiary/aromatic N) is 4. The van der Waals surface area contributed by atoms with Crippen molar-refractivity contribution in [2.24, 2.45) is 0 Å². The Balaban J connectivity index is 2.07. The predicted octanol–water partition coefficient (Wildman–Crippen LogP) is 3.29.